The lowest BCUT2D eigenvalue weighted by Crippen LogP contribution is -2.29. The molecule has 2 aliphatic rings. The first-order chi connectivity index (χ1) is 11.9. The third-order valence-corrected chi connectivity index (χ3v) is 5.40. The highest BCUT2D eigenvalue weighted by Gasteiger charge is 2.41. The van der Waals surface area contributed by atoms with Crippen LogP contribution in [0.2, 0.25) is 5.02 Å². The molecule has 1 aliphatic carbocycles. The Morgan fingerprint density at radius 2 is 2.24 bits per heavy atom. The number of hydrogen-bond donors (Lipinski definition) is 1. The number of aromatic nitrogens is 2. The lowest BCUT2D eigenvalue weighted by molar-refractivity contribution is -0.116. The van der Waals surface area contributed by atoms with Crippen molar-refractivity contribution in [1.82, 2.24) is 9.78 Å². The molecule has 25 heavy (non-hydrogen) atoms. The molecule has 0 saturated heterocycles. The van der Waals surface area contributed by atoms with Crippen LogP contribution in [0.1, 0.15) is 62.9 Å². The number of carbonyl (C=O) groups is 1. The molecule has 1 aromatic heterocycles. The minimum Gasteiger partial charge on any atom is -0.444 e. The van der Waals surface area contributed by atoms with Gasteiger partial charge in [0.2, 0.25) is 5.88 Å². The fourth-order valence-electron chi connectivity index (χ4n) is 3.44. The fraction of sp³-hybridized carbons (Fsp3) is 0.500. The zero-order valence-corrected chi connectivity index (χ0v) is 15.4. The van der Waals surface area contributed by atoms with Gasteiger partial charge in [-0.15, -0.1) is 0 Å². The van der Waals surface area contributed by atoms with Gasteiger partial charge in [-0.2, -0.15) is 10.4 Å². The van der Waals surface area contributed by atoms with Crippen molar-refractivity contribution in [1.29, 1.82) is 5.26 Å². The summed E-state index contributed by atoms with van der Waals surface area (Å²) in [7, 11) is 0. The van der Waals surface area contributed by atoms with Crippen molar-refractivity contribution in [2.45, 2.75) is 58.4 Å². The molecule has 0 spiro atoms. The van der Waals surface area contributed by atoms with E-state index in [2.05, 4.69) is 18.1 Å². The summed E-state index contributed by atoms with van der Waals surface area (Å²) in [4.78, 5) is 12.7. The third kappa shape index (κ3) is 2.73. The molecule has 132 valence electrons. The molecule has 0 unspecified atom stereocenters. The van der Waals surface area contributed by atoms with Gasteiger partial charge in [-0.3, -0.25) is 9.48 Å². The van der Waals surface area contributed by atoms with Crippen LogP contribution in [-0.2, 0) is 9.53 Å². The third-order valence-electron chi connectivity index (χ3n) is 4.93. The van der Waals surface area contributed by atoms with Crippen LogP contribution in [0.5, 0.6) is 0 Å². The summed E-state index contributed by atoms with van der Waals surface area (Å²) in [5, 5.41) is 14.7. The van der Waals surface area contributed by atoms with E-state index in [0.717, 1.165) is 12.8 Å². The van der Waals surface area contributed by atoms with Crippen molar-refractivity contribution in [2.75, 3.05) is 0 Å². The van der Waals surface area contributed by atoms with Crippen LogP contribution in [0.3, 0.4) is 0 Å². The largest absolute Gasteiger partial charge is 0.444 e. The predicted octanol–water partition coefficient (Wildman–Crippen LogP) is 3.63. The molecule has 2 atom stereocenters. The Hall–Kier alpha value is -2.26. The van der Waals surface area contributed by atoms with Crippen molar-refractivity contribution in [3.8, 4) is 6.07 Å². The zero-order chi connectivity index (χ0) is 18.3. The van der Waals surface area contributed by atoms with Crippen LogP contribution in [0.25, 0.3) is 0 Å². The van der Waals surface area contributed by atoms with Gasteiger partial charge >= 0.3 is 0 Å². The minimum atomic E-state index is -0.621. The van der Waals surface area contributed by atoms with E-state index in [4.69, 9.17) is 22.1 Å². The quantitative estimate of drug-likeness (QED) is 0.888. The molecule has 0 fully saturated rings. The highest BCUT2D eigenvalue weighted by Crippen LogP contribution is 2.46. The van der Waals surface area contributed by atoms with Gasteiger partial charge in [0.1, 0.15) is 17.4 Å². The summed E-state index contributed by atoms with van der Waals surface area (Å²) >= 11 is 6.57. The number of ketones is 1. The van der Waals surface area contributed by atoms with Crippen molar-refractivity contribution >= 4 is 17.4 Å². The highest BCUT2D eigenvalue weighted by atomic mass is 35.5. The maximum atomic E-state index is 12.7. The Balaban J connectivity index is 2.29. The maximum absolute atomic E-state index is 12.7. The molecule has 6 nitrogen and oxygen atoms in total. The van der Waals surface area contributed by atoms with Crippen LogP contribution in [-0.4, -0.2) is 15.6 Å². The van der Waals surface area contributed by atoms with Crippen LogP contribution in [0, 0.1) is 18.3 Å². The van der Waals surface area contributed by atoms with Gasteiger partial charge in [0.15, 0.2) is 5.78 Å². The smallest absolute Gasteiger partial charge is 0.205 e. The van der Waals surface area contributed by atoms with Crippen molar-refractivity contribution in [3.05, 3.63) is 39.2 Å². The summed E-state index contributed by atoms with van der Waals surface area (Å²) < 4.78 is 7.43. The minimum absolute atomic E-state index is 0.0166. The van der Waals surface area contributed by atoms with E-state index in [1.807, 2.05) is 18.5 Å². The molecule has 1 aromatic rings. The first-order valence-corrected chi connectivity index (χ1v) is 8.86. The van der Waals surface area contributed by atoms with Crippen LogP contribution in [0.4, 0.5) is 0 Å². The predicted molar refractivity (Wildman–Crippen MR) is 93.5 cm³/mol. The zero-order valence-electron chi connectivity index (χ0n) is 14.6. The topological polar surface area (TPSA) is 93.9 Å². The van der Waals surface area contributed by atoms with Gasteiger partial charge in [0.25, 0.3) is 0 Å². The van der Waals surface area contributed by atoms with Gasteiger partial charge in [0, 0.05) is 24.5 Å². The van der Waals surface area contributed by atoms with E-state index in [-0.39, 0.29) is 23.3 Å². The number of nitrogens with two attached hydrogens (primary N) is 1. The number of allylic oxidation sites excluding steroid dienone is 3. The molecule has 0 radical (unpaired) electrons. The Labute approximate surface area is 151 Å². The maximum Gasteiger partial charge on any atom is 0.205 e. The number of hydrogen-bond acceptors (Lipinski definition) is 5. The summed E-state index contributed by atoms with van der Waals surface area (Å²) in [5.41, 5.74) is 8.05. The van der Waals surface area contributed by atoms with E-state index >= 15 is 0 Å². The molecule has 0 aromatic carbocycles. The second kappa shape index (κ2) is 6.57. The Morgan fingerprint density at radius 3 is 2.88 bits per heavy atom. The number of halogens is 1. The SMILES string of the molecule is CC[C@@H](C)n1nc(C)c(Cl)c1[C@@H]1C(C#N)=C(N)OC2=C1C(=O)CCC2. The summed E-state index contributed by atoms with van der Waals surface area (Å²) in [6, 6.07) is 2.20. The number of nitriles is 1. The number of rotatable bonds is 3. The van der Waals surface area contributed by atoms with Gasteiger partial charge in [-0.25, -0.2) is 0 Å². The summed E-state index contributed by atoms with van der Waals surface area (Å²) in [5.74, 6) is -0.0312. The van der Waals surface area contributed by atoms with Crippen LogP contribution >= 0.6 is 11.6 Å². The number of nitrogens with zero attached hydrogens (tertiary/aromatic N) is 3. The number of carbonyl (C=O) groups excluding carboxylic acids is 1. The number of Topliss-reactive ketones (excluding diaryl/α,β-unsaturated/α-hetero) is 1. The normalized spacial score (nSPS) is 21.7. The van der Waals surface area contributed by atoms with E-state index in [0.29, 0.717) is 40.6 Å². The Kier molecular flexibility index (Phi) is 4.61. The summed E-state index contributed by atoms with van der Waals surface area (Å²) in [6.45, 7) is 5.90. The molecule has 2 N–H and O–H groups in total. The van der Waals surface area contributed by atoms with Gasteiger partial charge in [0.05, 0.1) is 22.3 Å². The van der Waals surface area contributed by atoms with Crippen molar-refractivity contribution in [2.24, 2.45) is 5.73 Å². The van der Waals surface area contributed by atoms with E-state index in [1.54, 1.807) is 0 Å². The lowest BCUT2D eigenvalue weighted by atomic mass is 9.79. The molecular weight excluding hydrogens is 340 g/mol. The molecule has 0 bridgehead atoms. The monoisotopic (exact) mass is 360 g/mol. The second-order valence-electron chi connectivity index (χ2n) is 6.52. The number of ether oxygens (including phenoxy) is 1. The lowest BCUT2D eigenvalue weighted by Gasteiger charge is -2.31. The molecule has 3 rings (SSSR count). The van der Waals surface area contributed by atoms with Crippen molar-refractivity contribution < 1.29 is 9.53 Å². The molecular formula is C18H21ClN4O2. The standard InChI is InChI=1S/C18H21ClN4O2/c1-4-9(2)23-17(16(19)10(3)22-23)14-11(8-20)18(21)25-13-7-5-6-12(24)15(13)14/h9,14H,4-7,21H2,1-3H3/t9-,14-/m1/s1. The van der Waals surface area contributed by atoms with Gasteiger partial charge < -0.3 is 10.5 Å². The molecule has 2 heterocycles. The first-order valence-electron chi connectivity index (χ1n) is 8.48. The first kappa shape index (κ1) is 17.6. The highest BCUT2D eigenvalue weighted by molar-refractivity contribution is 6.32. The Morgan fingerprint density at radius 1 is 1.52 bits per heavy atom. The average molecular weight is 361 g/mol. The average Bonchev–Trinajstić information content (AvgIpc) is 2.88. The second-order valence-corrected chi connectivity index (χ2v) is 6.90. The fourth-order valence-corrected chi connectivity index (χ4v) is 3.68. The van der Waals surface area contributed by atoms with Crippen LogP contribution < -0.4 is 5.73 Å². The van der Waals surface area contributed by atoms with Gasteiger partial charge in [-0.05, 0) is 26.7 Å². The molecule has 1 aliphatic heterocycles. The summed E-state index contributed by atoms with van der Waals surface area (Å²) in [6.07, 6.45) is 2.63. The van der Waals surface area contributed by atoms with E-state index < -0.39 is 5.92 Å². The van der Waals surface area contributed by atoms with E-state index in [9.17, 15) is 10.1 Å². The molecule has 7 heteroatoms. The van der Waals surface area contributed by atoms with Crippen molar-refractivity contribution in [3.63, 3.8) is 0 Å². The molecule has 0 amide bonds. The number of aryl methyl sites for hydroxylation is 1. The molecule has 0 saturated carbocycles. The van der Waals surface area contributed by atoms with E-state index in [1.165, 1.54) is 0 Å². The Bertz CT molecular complexity index is 844. The van der Waals surface area contributed by atoms with Gasteiger partial charge in [-0.1, -0.05) is 18.5 Å². The van der Waals surface area contributed by atoms with Crippen LogP contribution in [0.15, 0.2) is 22.8 Å².